The molecule has 0 aliphatic heterocycles. The Morgan fingerprint density at radius 1 is 1.21 bits per heavy atom. The highest BCUT2D eigenvalue weighted by molar-refractivity contribution is 5.90. The average Bonchev–Trinajstić information content (AvgIpc) is 3.10. The topological polar surface area (TPSA) is 69.0 Å². The highest BCUT2D eigenvalue weighted by Crippen LogP contribution is 2.26. The summed E-state index contributed by atoms with van der Waals surface area (Å²) in [5.41, 5.74) is 1.69. The molecule has 1 aromatic carbocycles. The molecule has 0 fully saturated rings. The van der Waals surface area contributed by atoms with Crippen molar-refractivity contribution in [2.45, 2.75) is 19.9 Å². The monoisotopic (exact) mass is 322 g/mol. The fourth-order valence-electron chi connectivity index (χ4n) is 2.25. The van der Waals surface area contributed by atoms with Crippen molar-refractivity contribution in [2.75, 3.05) is 5.32 Å². The van der Waals surface area contributed by atoms with E-state index < -0.39 is 0 Å². The molecule has 6 heteroatoms. The number of amides is 1. The zero-order valence-electron chi connectivity index (χ0n) is 13.3. The van der Waals surface area contributed by atoms with Gasteiger partial charge in [-0.1, -0.05) is 0 Å². The van der Waals surface area contributed by atoms with E-state index in [1.54, 1.807) is 35.4 Å². The Morgan fingerprint density at radius 3 is 2.75 bits per heavy atom. The lowest BCUT2D eigenvalue weighted by Gasteiger charge is -2.11. The lowest BCUT2D eigenvalue weighted by Crippen LogP contribution is -2.14. The van der Waals surface area contributed by atoms with Gasteiger partial charge in [0, 0.05) is 43.4 Å². The first-order valence-electron chi connectivity index (χ1n) is 7.66. The lowest BCUT2D eigenvalue weighted by molar-refractivity contribution is -0.116. The molecule has 1 N–H and O–H groups in total. The molecule has 0 atom stereocenters. The van der Waals surface area contributed by atoms with E-state index in [2.05, 4.69) is 15.4 Å². The zero-order valence-corrected chi connectivity index (χ0v) is 13.3. The number of pyridine rings is 1. The largest absolute Gasteiger partial charge is 0.457 e. The molecule has 0 aliphatic carbocycles. The molecule has 1 amide bonds. The molecule has 0 radical (unpaired) electrons. The molecular formula is C18H18N4O2. The Morgan fingerprint density at radius 2 is 2.04 bits per heavy atom. The molecule has 2 heterocycles. The molecule has 0 aliphatic rings. The van der Waals surface area contributed by atoms with E-state index in [4.69, 9.17) is 4.74 Å². The van der Waals surface area contributed by atoms with Gasteiger partial charge >= 0.3 is 0 Å². The maximum atomic E-state index is 12.0. The van der Waals surface area contributed by atoms with Crippen LogP contribution in [-0.4, -0.2) is 20.7 Å². The first kappa shape index (κ1) is 15.7. The van der Waals surface area contributed by atoms with Gasteiger partial charge in [0.1, 0.15) is 11.5 Å². The number of nitrogens with zero attached hydrogens (tertiary/aromatic N) is 3. The molecule has 0 spiro atoms. The number of anilines is 1. The van der Waals surface area contributed by atoms with E-state index in [9.17, 15) is 4.79 Å². The molecule has 0 bridgehead atoms. The molecule has 122 valence electrons. The Bertz CT molecular complexity index is 801. The summed E-state index contributed by atoms with van der Waals surface area (Å²) in [5.74, 6) is 1.42. The van der Waals surface area contributed by atoms with Gasteiger partial charge in [0.15, 0.2) is 0 Å². The minimum absolute atomic E-state index is 0.0484. The van der Waals surface area contributed by atoms with Crippen LogP contribution >= 0.6 is 0 Å². The van der Waals surface area contributed by atoms with Crippen molar-refractivity contribution in [3.05, 3.63) is 66.7 Å². The van der Waals surface area contributed by atoms with Gasteiger partial charge in [-0.2, -0.15) is 5.10 Å². The highest BCUT2D eigenvalue weighted by atomic mass is 16.5. The molecule has 2 aromatic heterocycles. The number of hydrogen-bond donors (Lipinski definition) is 1. The van der Waals surface area contributed by atoms with Crippen molar-refractivity contribution in [2.24, 2.45) is 0 Å². The fourth-order valence-corrected chi connectivity index (χ4v) is 2.25. The van der Waals surface area contributed by atoms with Crippen LogP contribution in [0.2, 0.25) is 0 Å². The Hall–Kier alpha value is -3.15. The number of hydrogen-bond acceptors (Lipinski definition) is 4. The quantitative estimate of drug-likeness (QED) is 0.755. The summed E-state index contributed by atoms with van der Waals surface area (Å²) in [6, 6.07) is 11.0. The third-order valence-electron chi connectivity index (χ3n) is 3.46. The van der Waals surface area contributed by atoms with Gasteiger partial charge in [-0.15, -0.1) is 0 Å². The Kier molecular flexibility index (Phi) is 4.86. The zero-order chi connectivity index (χ0) is 16.8. The normalized spacial score (nSPS) is 10.4. The number of aryl methyl sites for hydroxylation is 2. The number of ether oxygens (including phenoxy) is 1. The van der Waals surface area contributed by atoms with Crippen molar-refractivity contribution >= 4 is 11.6 Å². The maximum Gasteiger partial charge on any atom is 0.226 e. The van der Waals surface area contributed by atoms with Crippen LogP contribution in [0.25, 0.3) is 0 Å². The number of carbonyl (C=O) groups is 1. The van der Waals surface area contributed by atoms with Gasteiger partial charge in [-0.05, 0) is 48.9 Å². The first-order chi connectivity index (χ1) is 11.7. The third-order valence-corrected chi connectivity index (χ3v) is 3.46. The van der Waals surface area contributed by atoms with E-state index in [1.807, 2.05) is 37.4 Å². The van der Waals surface area contributed by atoms with Crippen molar-refractivity contribution in [1.29, 1.82) is 0 Å². The summed E-state index contributed by atoms with van der Waals surface area (Å²) < 4.78 is 7.53. The third kappa shape index (κ3) is 4.19. The first-order valence-corrected chi connectivity index (χ1v) is 7.66. The number of rotatable bonds is 6. The molecule has 3 aromatic rings. The van der Waals surface area contributed by atoms with Gasteiger partial charge < -0.3 is 10.1 Å². The van der Waals surface area contributed by atoms with Crippen LogP contribution in [0.1, 0.15) is 12.0 Å². The summed E-state index contributed by atoms with van der Waals surface area (Å²) in [7, 11) is 0. The summed E-state index contributed by atoms with van der Waals surface area (Å²) >= 11 is 0. The van der Waals surface area contributed by atoms with Crippen LogP contribution in [0, 0.1) is 6.92 Å². The number of aromatic nitrogens is 3. The Labute approximate surface area is 140 Å². The highest BCUT2D eigenvalue weighted by Gasteiger charge is 2.06. The molecular weight excluding hydrogens is 304 g/mol. The van der Waals surface area contributed by atoms with Gasteiger partial charge in [0.05, 0.1) is 0 Å². The van der Waals surface area contributed by atoms with Crippen LogP contribution in [0.3, 0.4) is 0 Å². The number of benzene rings is 1. The van der Waals surface area contributed by atoms with E-state index in [0.29, 0.717) is 13.0 Å². The van der Waals surface area contributed by atoms with Crippen LogP contribution in [0.4, 0.5) is 5.69 Å². The van der Waals surface area contributed by atoms with E-state index in [-0.39, 0.29) is 5.91 Å². The van der Waals surface area contributed by atoms with Crippen molar-refractivity contribution < 1.29 is 9.53 Å². The predicted octanol–water partition coefficient (Wildman–Crippen LogP) is 3.41. The fraction of sp³-hybridized carbons (Fsp3) is 0.167. The standard InChI is InChI=1S/C18H18N4O2/c1-14-13-15(21-18(23)7-12-22-11-2-8-20-22)3-4-17(14)24-16-5-9-19-10-6-16/h2-6,8-11,13H,7,12H2,1H3,(H,21,23). The Balaban J connectivity index is 1.58. The van der Waals surface area contributed by atoms with Crippen molar-refractivity contribution in [3.8, 4) is 11.5 Å². The van der Waals surface area contributed by atoms with E-state index in [0.717, 1.165) is 22.7 Å². The molecule has 3 rings (SSSR count). The van der Waals surface area contributed by atoms with Gasteiger partial charge in [-0.3, -0.25) is 14.5 Å². The summed E-state index contributed by atoms with van der Waals surface area (Å²) in [6.07, 6.45) is 7.26. The summed E-state index contributed by atoms with van der Waals surface area (Å²) in [5, 5.41) is 6.97. The predicted molar refractivity (Wildman–Crippen MR) is 91.0 cm³/mol. The second-order valence-corrected chi connectivity index (χ2v) is 5.33. The minimum Gasteiger partial charge on any atom is -0.457 e. The smallest absolute Gasteiger partial charge is 0.226 e. The lowest BCUT2D eigenvalue weighted by atomic mass is 10.2. The summed E-state index contributed by atoms with van der Waals surface area (Å²) in [4.78, 5) is 16.0. The van der Waals surface area contributed by atoms with Crippen molar-refractivity contribution in [1.82, 2.24) is 14.8 Å². The van der Waals surface area contributed by atoms with Crippen LogP contribution in [0.15, 0.2) is 61.2 Å². The molecule has 24 heavy (non-hydrogen) atoms. The average molecular weight is 322 g/mol. The second kappa shape index (κ2) is 7.41. The van der Waals surface area contributed by atoms with E-state index >= 15 is 0 Å². The van der Waals surface area contributed by atoms with Gasteiger partial charge in [0.25, 0.3) is 0 Å². The maximum absolute atomic E-state index is 12.0. The molecule has 0 unspecified atom stereocenters. The molecule has 0 saturated heterocycles. The van der Waals surface area contributed by atoms with Crippen LogP contribution in [0.5, 0.6) is 11.5 Å². The van der Waals surface area contributed by atoms with E-state index in [1.165, 1.54) is 0 Å². The van der Waals surface area contributed by atoms with Gasteiger partial charge in [-0.25, -0.2) is 0 Å². The second-order valence-electron chi connectivity index (χ2n) is 5.33. The van der Waals surface area contributed by atoms with Crippen LogP contribution < -0.4 is 10.1 Å². The number of nitrogens with one attached hydrogen (secondary N) is 1. The van der Waals surface area contributed by atoms with Crippen molar-refractivity contribution in [3.63, 3.8) is 0 Å². The number of carbonyl (C=O) groups excluding carboxylic acids is 1. The van der Waals surface area contributed by atoms with Gasteiger partial charge in [0.2, 0.25) is 5.91 Å². The summed E-state index contributed by atoms with van der Waals surface area (Å²) in [6.45, 7) is 2.50. The molecule has 6 nitrogen and oxygen atoms in total. The minimum atomic E-state index is -0.0484. The SMILES string of the molecule is Cc1cc(NC(=O)CCn2cccn2)ccc1Oc1ccncc1. The van der Waals surface area contributed by atoms with Crippen LogP contribution in [-0.2, 0) is 11.3 Å². The molecule has 0 saturated carbocycles.